The van der Waals surface area contributed by atoms with Crippen LogP contribution < -0.4 is 29.6 Å². The zero-order chi connectivity index (χ0) is 18.1. The van der Waals surface area contributed by atoms with Crippen LogP contribution in [0.5, 0.6) is 0 Å². The van der Waals surface area contributed by atoms with Gasteiger partial charge in [-0.15, -0.1) is 0 Å². The molecule has 0 fully saturated rings. The Morgan fingerprint density at radius 2 is 1.68 bits per heavy atom. The van der Waals surface area contributed by atoms with Crippen LogP contribution in [-0.2, 0) is 0 Å². The molecule has 146 valence electrons. The molecule has 1 unspecified atom stereocenters. The van der Waals surface area contributed by atoms with E-state index < -0.39 is 12.1 Å². The molecule has 7 nitrogen and oxygen atoms in total. The van der Waals surface area contributed by atoms with Crippen molar-refractivity contribution in [1.82, 2.24) is 9.55 Å². The van der Waals surface area contributed by atoms with Gasteiger partial charge in [0.1, 0.15) is 6.10 Å². The van der Waals surface area contributed by atoms with Crippen molar-refractivity contribution >= 4 is 5.97 Å². The Balaban J connectivity index is 0. The third-order valence-corrected chi connectivity index (χ3v) is 4.47. The van der Waals surface area contributed by atoms with Gasteiger partial charge in [0.2, 0.25) is 0 Å². The summed E-state index contributed by atoms with van der Waals surface area (Å²) in [6.45, 7) is 5.60. The number of aryl methyl sites for hydroxylation is 3. The average molecular weight is 396 g/mol. The van der Waals surface area contributed by atoms with Crippen molar-refractivity contribution < 1.29 is 56.9 Å². The van der Waals surface area contributed by atoms with Crippen LogP contribution in [0.15, 0.2) is 49.1 Å². The van der Waals surface area contributed by atoms with Gasteiger partial charge in [-0.05, 0) is 72.9 Å². The van der Waals surface area contributed by atoms with E-state index in [1.807, 2.05) is 49.7 Å². The van der Waals surface area contributed by atoms with Gasteiger partial charge in [-0.3, -0.25) is 0 Å². The van der Waals surface area contributed by atoms with Gasteiger partial charge in [-0.1, -0.05) is 6.07 Å². The van der Waals surface area contributed by atoms with Gasteiger partial charge < -0.3 is 27.2 Å². The fourth-order valence-corrected chi connectivity index (χ4v) is 3.18. The Labute approximate surface area is 187 Å². The first kappa shape index (κ1) is 26.0. The number of carbonyl (C=O) groups is 1. The Hall–Kier alpha value is -2.00. The molecule has 0 saturated carbocycles. The molecule has 0 aliphatic carbocycles. The second kappa shape index (κ2) is 10.5. The zero-order valence-corrected chi connectivity index (χ0v) is 18.4. The maximum atomic E-state index is 11.2. The van der Waals surface area contributed by atoms with Gasteiger partial charge >= 0.3 is 35.5 Å². The van der Waals surface area contributed by atoms with Gasteiger partial charge in [-0.2, -0.15) is 0 Å². The van der Waals surface area contributed by atoms with Crippen molar-refractivity contribution in [1.29, 1.82) is 0 Å². The Morgan fingerprint density at radius 1 is 1.07 bits per heavy atom. The van der Waals surface area contributed by atoms with Crippen LogP contribution in [0, 0.1) is 20.8 Å². The number of hydrogen-bond donors (Lipinski definition) is 2. The summed E-state index contributed by atoms with van der Waals surface area (Å²) in [5.41, 5.74) is 5.17. The zero-order valence-electron chi connectivity index (χ0n) is 17.4. The van der Waals surface area contributed by atoms with Gasteiger partial charge in [0.25, 0.3) is 0 Å². The minimum absolute atomic E-state index is 0. The number of imidazole rings is 1. The fourth-order valence-electron chi connectivity index (χ4n) is 3.18. The second-order valence-corrected chi connectivity index (χ2v) is 6.24. The van der Waals surface area contributed by atoms with E-state index in [0.29, 0.717) is 0 Å². The molecule has 0 spiro atoms. The second-order valence-electron chi connectivity index (χ2n) is 6.24. The average Bonchev–Trinajstić information content (AvgIpc) is 3.08. The summed E-state index contributed by atoms with van der Waals surface area (Å²) in [5, 5.41) is 20.2. The van der Waals surface area contributed by atoms with Gasteiger partial charge in [0.15, 0.2) is 0 Å². The number of aliphatic hydroxyl groups is 1. The van der Waals surface area contributed by atoms with Crippen LogP contribution in [0.3, 0.4) is 0 Å². The SMILES string of the molecule is Cc1ccc(-n2ccnc2)cc1C(O)c1c(C)cc(C(=O)O)cc1C.O.O.[H-].[Na+]. The summed E-state index contributed by atoms with van der Waals surface area (Å²) in [7, 11) is 0. The molecule has 3 aromatic rings. The predicted octanol–water partition coefficient (Wildman–Crippen LogP) is -0.955. The van der Waals surface area contributed by atoms with E-state index in [2.05, 4.69) is 4.98 Å². The summed E-state index contributed by atoms with van der Waals surface area (Å²) in [5.74, 6) is -0.967. The maximum Gasteiger partial charge on any atom is 1.00 e. The minimum atomic E-state index is -0.967. The first-order chi connectivity index (χ1) is 11.9. The number of aromatic nitrogens is 2. The summed E-state index contributed by atoms with van der Waals surface area (Å²) in [4.78, 5) is 15.3. The molecule has 28 heavy (non-hydrogen) atoms. The van der Waals surface area contributed by atoms with Crippen LogP contribution in [0.1, 0.15) is 45.7 Å². The summed E-state index contributed by atoms with van der Waals surface area (Å²) >= 11 is 0. The van der Waals surface area contributed by atoms with E-state index in [0.717, 1.165) is 33.5 Å². The van der Waals surface area contributed by atoms with Crippen molar-refractivity contribution in [3.63, 3.8) is 0 Å². The minimum Gasteiger partial charge on any atom is -1.00 e. The van der Waals surface area contributed by atoms with E-state index in [1.165, 1.54) is 0 Å². The van der Waals surface area contributed by atoms with Crippen molar-refractivity contribution in [3.8, 4) is 5.69 Å². The van der Waals surface area contributed by atoms with E-state index in [1.54, 1.807) is 24.7 Å². The molecule has 0 amide bonds. The number of benzene rings is 2. The molecule has 6 N–H and O–H groups in total. The summed E-state index contributed by atoms with van der Waals surface area (Å²) in [6.07, 6.45) is 4.43. The van der Waals surface area contributed by atoms with Crippen molar-refractivity contribution in [3.05, 3.63) is 82.4 Å². The molecule has 0 saturated heterocycles. The van der Waals surface area contributed by atoms with Crippen LogP contribution in [0.25, 0.3) is 5.69 Å². The van der Waals surface area contributed by atoms with E-state index in [-0.39, 0.29) is 47.5 Å². The Morgan fingerprint density at radius 3 is 2.18 bits per heavy atom. The predicted molar refractivity (Wildman–Crippen MR) is 104 cm³/mol. The van der Waals surface area contributed by atoms with Crippen molar-refractivity contribution in [2.45, 2.75) is 26.9 Å². The summed E-state index contributed by atoms with van der Waals surface area (Å²) < 4.78 is 1.88. The Bertz CT molecular complexity index is 925. The Kier molecular flexibility index (Phi) is 9.77. The monoisotopic (exact) mass is 396 g/mol. The van der Waals surface area contributed by atoms with Crippen LogP contribution >= 0.6 is 0 Å². The number of carboxylic acid groups (broad SMARTS) is 1. The molecule has 0 aliphatic rings. The van der Waals surface area contributed by atoms with E-state index in [9.17, 15) is 15.0 Å². The van der Waals surface area contributed by atoms with E-state index in [4.69, 9.17) is 0 Å². The maximum absolute atomic E-state index is 11.2. The third kappa shape index (κ3) is 5.08. The van der Waals surface area contributed by atoms with Crippen LogP contribution in [0.4, 0.5) is 0 Å². The van der Waals surface area contributed by atoms with Crippen molar-refractivity contribution in [2.24, 2.45) is 0 Å². The quantitative estimate of drug-likeness (QED) is 0.549. The smallest absolute Gasteiger partial charge is 1.00 e. The normalized spacial score (nSPS) is 10.9. The number of carboxylic acids is 1. The van der Waals surface area contributed by atoms with Crippen LogP contribution in [-0.4, -0.2) is 36.7 Å². The first-order valence-corrected chi connectivity index (χ1v) is 8.00. The molecule has 8 heteroatoms. The molecule has 0 radical (unpaired) electrons. The molecule has 1 heterocycles. The molecule has 3 rings (SSSR count). The standard InChI is InChI=1S/C20H20N2O3.Na.2H2O.H/c1-12-4-5-16(22-7-6-21-11-22)10-17(12)19(23)18-13(2)8-15(20(24)25)9-14(18)3;;;;/h4-11,19,23H,1-3H3,(H,24,25);;2*1H2;/q;+1;;;-1. The van der Waals surface area contributed by atoms with Crippen molar-refractivity contribution in [2.75, 3.05) is 0 Å². The molecular formula is C20H25N2NaO5. The van der Waals surface area contributed by atoms with E-state index >= 15 is 0 Å². The number of aromatic carboxylic acids is 1. The van der Waals surface area contributed by atoms with Gasteiger partial charge in [0, 0.05) is 18.1 Å². The fraction of sp³-hybridized carbons (Fsp3) is 0.200. The number of hydrogen-bond acceptors (Lipinski definition) is 3. The molecule has 0 bridgehead atoms. The molecule has 0 aliphatic heterocycles. The largest absolute Gasteiger partial charge is 1.00 e. The number of nitrogens with zero attached hydrogens (tertiary/aromatic N) is 2. The number of rotatable bonds is 4. The third-order valence-electron chi connectivity index (χ3n) is 4.47. The number of aliphatic hydroxyl groups excluding tert-OH is 1. The molecule has 1 atom stereocenters. The molecule has 2 aromatic carbocycles. The van der Waals surface area contributed by atoms with Gasteiger partial charge in [-0.25, -0.2) is 9.78 Å². The van der Waals surface area contributed by atoms with Crippen LogP contribution in [0.2, 0.25) is 0 Å². The molecule has 1 aromatic heterocycles. The van der Waals surface area contributed by atoms with Gasteiger partial charge in [0.05, 0.1) is 11.9 Å². The molecular weight excluding hydrogens is 371 g/mol. The topological polar surface area (TPSA) is 138 Å². The first-order valence-electron chi connectivity index (χ1n) is 8.00. The summed E-state index contributed by atoms with van der Waals surface area (Å²) in [6, 6.07) is 9.07.